The molecule has 0 aromatic heterocycles. The quantitative estimate of drug-likeness (QED) is 0.903. The van der Waals surface area contributed by atoms with E-state index in [-0.39, 0.29) is 6.04 Å². The van der Waals surface area contributed by atoms with Crippen molar-refractivity contribution >= 4 is 5.69 Å². The van der Waals surface area contributed by atoms with Crippen molar-refractivity contribution in [1.29, 1.82) is 5.26 Å². The van der Waals surface area contributed by atoms with Gasteiger partial charge in [0.05, 0.1) is 19.6 Å². The van der Waals surface area contributed by atoms with Crippen LogP contribution in [0.3, 0.4) is 0 Å². The van der Waals surface area contributed by atoms with Crippen LogP contribution in [-0.4, -0.2) is 32.3 Å². The highest BCUT2D eigenvalue weighted by Crippen LogP contribution is 2.21. The molecule has 0 radical (unpaired) electrons. The number of hydrogen-bond donors (Lipinski definition) is 1. The van der Waals surface area contributed by atoms with Gasteiger partial charge in [-0.3, -0.25) is 0 Å². The normalized spacial score (nSPS) is 23.5. The molecule has 2 unspecified atom stereocenters. The molecule has 1 saturated heterocycles. The third-order valence-corrected chi connectivity index (χ3v) is 3.57. The fourth-order valence-electron chi connectivity index (χ4n) is 2.51. The number of methoxy groups -OCH3 is 1. The molecule has 1 N–H and O–H groups in total. The van der Waals surface area contributed by atoms with Crippen molar-refractivity contribution in [2.75, 3.05) is 25.1 Å². The lowest BCUT2D eigenvalue weighted by molar-refractivity contribution is 0.415. The molecule has 4 nitrogen and oxygen atoms in total. The summed E-state index contributed by atoms with van der Waals surface area (Å²) >= 11 is 0. The van der Waals surface area contributed by atoms with Gasteiger partial charge in [-0.1, -0.05) is 0 Å². The summed E-state index contributed by atoms with van der Waals surface area (Å²) in [6, 6.07) is 11.1. The molecule has 1 aliphatic rings. The van der Waals surface area contributed by atoms with Crippen LogP contribution in [0.15, 0.2) is 24.3 Å². The Morgan fingerprint density at radius 2 is 2.16 bits per heavy atom. The number of benzene rings is 1. The molecular weight excluding hydrogens is 238 g/mol. The highest BCUT2D eigenvalue weighted by molar-refractivity contribution is 5.49. The Bertz CT molecular complexity index is 438. The van der Waals surface area contributed by atoms with Gasteiger partial charge in [-0.15, -0.1) is 0 Å². The molecule has 1 aliphatic heterocycles. The van der Waals surface area contributed by atoms with Gasteiger partial charge < -0.3 is 15.0 Å². The number of nitrogens with one attached hydrogen (secondary N) is 1. The first kappa shape index (κ1) is 13.7. The Labute approximate surface area is 115 Å². The lowest BCUT2D eigenvalue weighted by Crippen LogP contribution is -2.39. The summed E-state index contributed by atoms with van der Waals surface area (Å²) in [5.74, 6) is 0.874. The van der Waals surface area contributed by atoms with E-state index >= 15 is 0 Å². The molecule has 2 atom stereocenters. The molecule has 1 fully saturated rings. The van der Waals surface area contributed by atoms with Crippen LogP contribution in [0.5, 0.6) is 5.75 Å². The van der Waals surface area contributed by atoms with Gasteiger partial charge in [-0.2, -0.15) is 5.26 Å². The zero-order valence-electron chi connectivity index (χ0n) is 11.6. The molecule has 0 aliphatic carbocycles. The van der Waals surface area contributed by atoms with Crippen molar-refractivity contribution < 1.29 is 4.74 Å². The van der Waals surface area contributed by atoms with Gasteiger partial charge in [0.15, 0.2) is 0 Å². The lowest BCUT2D eigenvalue weighted by Gasteiger charge is -2.25. The smallest absolute Gasteiger partial charge is 0.119 e. The summed E-state index contributed by atoms with van der Waals surface area (Å²) in [7, 11) is 1.68. The van der Waals surface area contributed by atoms with Crippen LogP contribution in [0, 0.1) is 11.3 Å². The minimum absolute atomic E-state index is 0.240. The first-order valence-corrected chi connectivity index (χ1v) is 6.75. The fraction of sp³-hybridized carbons (Fsp3) is 0.533. The van der Waals surface area contributed by atoms with Crippen LogP contribution < -0.4 is 15.0 Å². The first-order chi connectivity index (χ1) is 9.22. The molecule has 1 aromatic carbocycles. The molecule has 1 aromatic rings. The van der Waals surface area contributed by atoms with Crippen LogP contribution >= 0.6 is 0 Å². The van der Waals surface area contributed by atoms with E-state index in [1.165, 1.54) is 5.69 Å². The highest BCUT2D eigenvalue weighted by Gasteiger charge is 2.21. The van der Waals surface area contributed by atoms with Crippen LogP contribution in [0.4, 0.5) is 5.69 Å². The molecule has 0 saturated carbocycles. The van der Waals surface area contributed by atoms with Crippen molar-refractivity contribution in [3.8, 4) is 11.8 Å². The first-order valence-electron chi connectivity index (χ1n) is 6.75. The number of hydrogen-bond acceptors (Lipinski definition) is 4. The summed E-state index contributed by atoms with van der Waals surface area (Å²) in [5, 5.41) is 12.4. The van der Waals surface area contributed by atoms with Gasteiger partial charge in [0.1, 0.15) is 5.75 Å². The second-order valence-corrected chi connectivity index (χ2v) is 5.06. The molecule has 102 valence electrons. The molecule has 0 bridgehead atoms. The Morgan fingerprint density at radius 3 is 2.79 bits per heavy atom. The second kappa shape index (κ2) is 6.44. The average Bonchev–Trinajstić information content (AvgIpc) is 2.61. The van der Waals surface area contributed by atoms with Gasteiger partial charge >= 0.3 is 0 Å². The van der Waals surface area contributed by atoms with E-state index in [9.17, 15) is 0 Å². The molecular formula is C15H21N3O. The summed E-state index contributed by atoms with van der Waals surface area (Å²) in [6.07, 6.45) is 1.64. The molecule has 4 heteroatoms. The Morgan fingerprint density at radius 1 is 1.42 bits per heavy atom. The van der Waals surface area contributed by atoms with Crippen LogP contribution in [0.1, 0.15) is 19.8 Å². The van der Waals surface area contributed by atoms with Crippen molar-refractivity contribution in [2.45, 2.75) is 31.8 Å². The van der Waals surface area contributed by atoms with E-state index < -0.39 is 0 Å². The van der Waals surface area contributed by atoms with Crippen molar-refractivity contribution in [1.82, 2.24) is 5.32 Å². The minimum Gasteiger partial charge on any atom is -0.497 e. The number of anilines is 1. The number of rotatable bonds is 3. The fourth-order valence-corrected chi connectivity index (χ4v) is 2.51. The molecule has 1 heterocycles. The summed E-state index contributed by atoms with van der Waals surface area (Å²) < 4.78 is 5.18. The van der Waals surface area contributed by atoms with Crippen LogP contribution in [0.2, 0.25) is 0 Å². The summed E-state index contributed by atoms with van der Waals surface area (Å²) in [6.45, 7) is 4.08. The molecule has 0 amide bonds. The Hall–Kier alpha value is -1.73. The number of nitriles is 1. The third kappa shape index (κ3) is 3.62. The van der Waals surface area contributed by atoms with E-state index in [1.54, 1.807) is 7.11 Å². The standard InChI is InChI=1S/C15H21N3O/c1-12-8-10-18(11-13(17-12)7-9-16)14-3-5-15(19-2)6-4-14/h3-6,12-13,17H,7-8,10-11H2,1-2H3. The zero-order chi connectivity index (χ0) is 13.7. The van der Waals surface area contributed by atoms with Crippen molar-refractivity contribution in [3.63, 3.8) is 0 Å². The molecule has 2 rings (SSSR count). The van der Waals surface area contributed by atoms with Gasteiger partial charge in [-0.05, 0) is 37.6 Å². The van der Waals surface area contributed by atoms with Crippen LogP contribution in [-0.2, 0) is 0 Å². The van der Waals surface area contributed by atoms with E-state index in [2.05, 4.69) is 35.3 Å². The van der Waals surface area contributed by atoms with E-state index in [4.69, 9.17) is 10.00 Å². The largest absolute Gasteiger partial charge is 0.497 e. The third-order valence-electron chi connectivity index (χ3n) is 3.57. The minimum atomic E-state index is 0.240. The summed E-state index contributed by atoms with van der Waals surface area (Å²) in [4.78, 5) is 2.35. The molecule has 0 spiro atoms. The summed E-state index contributed by atoms with van der Waals surface area (Å²) in [5.41, 5.74) is 1.19. The van der Waals surface area contributed by atoms with Gasteiger partial charge in [0.2, 0.25) is 0 Å². The van der Waals surface area contributed by atoms with E-state index in [1.807, 2.05) is 12.1 Å². The predicted molar refractivity (Wildman–Crippen MR) is 76.4 cm³/mol. The average molecular weight is 259 g/mol. The predicted octanol–water partition coefficient (Wildman–Crippen LogP) is 2.17. The monoisotopic (exact) mass is 259 g/mol. The maximum Gasteiger partial charge on any atom is 0.119 e. The topological polar surface area (TPSA) is 48.3 Å². The van der Waals surface area contributed by atoms with Crippen molar-refractivity contribution in [3.05, 3.63) is 24.3 Å². The van der Waals surface area contributed by atoms with E-state index in [0.717, 1.165) is 25.3 Å². The molecule has 19 heavy (non-hydrogen) atoms. The van der Waals surface area contributed by atoms with E-state index in [0.29, 0.717) is 12.5 Å². The lowest BCUT2D eigenvalue weighted by atomic mass is 10.2. The SMILES string of the molecule is COc1ccc(N2CCC(C)NC(CC#N)C2)cc1. The Balaban J connectivity index is 2.10. The maximum absolute atomic E-state index is 8.90. The van der Waals surface area contributed by atoms with Gasteiger partial charge in [-0.25, -0.2) is 0 Å². The zero-order valence-corrected chi connectivity index (χ0v) is 11.6. The highest BCUT2D eigenvalue weighted by atomic mass is 16.5. The van der Waals surface area contributed by atoms with Gasteiger partial charge in [0.25, 0.3) is 0 Å². The second-order valence-electron chi connectivity index (χ2n) is 5.06. The Kier molecular flexibility index (Phi) is 4.64. The number of nitrogens with zero attached hydrogens (tertiary/aromatic N) is 2. The number of ether oxygens (including phenoxy) is 1. The van der Waals surface area contributed by atoms with Gasteiger partial charge in [0, 0.05) is 30.9 Å². The van der Waals surface area contributed by atoms with Crippen LogP contribution in [0.25, 0.3) is 0 Å². The maximum atomic E-state index is 8.90. The van der Waals surface area contributed by atoms with Crippen molar-refractivity contribution in [2.24, 2.45) is 0 Å².